The molecule has 0 spiro atoms. The predicted octanol–water partition coefficient (Wildman–Crippen LogP) is 0.242. The van der Waals surface area contributed by atoms with Crippen LogP contribution in [0.3, 0.4) is 0 Å². The molecule has 90 valence electrons. The van der Waals surface area contributed by atoms with Crippen LogP contribution in [0.5, 0.6) is 0 Å². The largest absolute Gasteiger partial charge is 0.343 e. The second-order valence-electron chi connectivity index (χ2n) is 4.23. The SMILES string of the molecule is Cc1cc(CN)nc(N(C)CCN(C)C)n1. The number of nitrogens with two attached hydrogens (primary N) is 1. The van der Waals surface area contributed by atoms with Gasteiger partial charge in [-0.1, -0.05) is 0 Å². The van der Waals surface area contributed by atoms with E-state index in [2.05, 4.69) is 29.0 Å². The number of anilines is 1. The van der Waals surface area contributed by atoms with Crippen LogP contribution in [0.1, 0.15) is 11.4 Å². The minimum absolute atomic E-state index is 0.456. The Kier molecular flexibility index (Phi) is 4.64. The highest BCUT2D eigenvalue weighted by Crippen LogP contribution is 2.08. The maximum absolute atomic E-state index is 5.59. The van der Waals surface area contributed by atoms with Gasteiger partial charge in [0.15, 0.2) is 0 Å². The number of aromatic nitrogens is 2. The molecule has 1 heterocycles. The quantitative estimate of drug-likeness (QED) is 0.775. The Morgan fingerprint density at radius 2 is 1.88 bits per heavy atom. The monoisotopic (exact) mass is 223 g/mol. The molecule has 0 saturated heterocycles. The van der Waals surface area contributed by atoms with Crippen LogP contribution in [0.2, 0.25) is 0 Å². The molecule has 0 amide bonds. The zero-order valence-electron chi connectivity index (χ0n) is 10.6. The molecular formula is C11H21N5. The van der Waals surface area contributed by atoms with Crippen LogP contribution in [-0.4, -0.2) is 49.1 Å². The first kappa shape index (κ1) is 12.9. The van der Waals surface area contributed by atoms with E-state index in [0.717, 1.165) is 30.4 Å². The molecule has 0 bridgehead atoms. The van der Waals surface area contributed by atoms with Gasteiger partial charge in [0.05, 0.1) is 5.69 Å². The molecule has 0 unspecified atom stereocenters. The molecule has 5 nitrogen and oxygen atoms in total. The summed E-state index contributed by atoms with van der Waals surface area (Å²) in [6.45, 7) is 4.30. The van der Waals surface area contributed by atoms with E-state index in [1.54, 1.807) is 0 Å². The van der Waals surface area contributed by atoms with Gasteiger partial charge >= 0.3 is 0 Å². The first-order valence-electron chi connectivity index (χ1n) is 5.43. The van der Waals surface area contributed by atoms with E-state index in [1.807, 2.05) is 24.9 Å². The zero-order chi connectivity index (χ0) is 12.1. The summed E-state index contributed by atoms with van der Waals surface area (Å²) >= 11 is 0. The van der Waals surface area contributed by atoms with Gasteiger partial charge in [-0.05, 0) is 27.1 Å². The molecule has 2 N–H and O–H groups in total. The molecule has 1 aromatic rings. The van der Waals surface area contributed by atoms with Gasteiger partial charge in [0.2, 0.25) is 5.95 Å². The maximum Gasteiger partial charge on any atom is 0.225 e. The summed E-state index contributed by atoms with van der Waals surface area (Å²) in [6, 6.07) is 1.92. The molecule has 0 aliphatic carbocycles. The Morgan fingerprint density at radius 3 is 2.44 bits per heavy atom. The highest BCUT2D eigenvalue weighted by Gasteiger charge is 2.06. The van der Waals surface area contributed by atoms with Gasteiger partial charge in [-0.25, -0.2) is 9.97 Å². The summed E-state index contributed by atoms with van der Waals surface area (Å²) in [4.78, 5) is 13.0. The molecule has 0 aliphatic heterocycles. The van der Waals surface area contributed by atoms with E-state index in [4.69, 9.17) is 5.73 Å². The molecule has 0 aliphatic rings. The molecule has 0 saturated carbocycles. The fraction of sp³-hybridized carbons (Fsp3) is 0.636. The van der Waals surface area contributed by atoms with Crippen LogP contribution in [0.25, 0.3) is 0 Å². The van der Waals surface area contributed by atoms with Crippen molar-refractivity contribution in [2.75, 3.05) is 39.1 Å². The summed E-state index contributed by atoms with van der Waals surface area (Å²) in [5.74, 6) is 0.752. The zero-order valence-corrected chi connectivity index (χ0v) is 10.6. The topological polar surface area (TPSA) is 58.3 Å². The third kappa shape index (κ3) is 3.75. The summed E-state index contributed by atoms with van der Waals surface area (Å²) < 4.78 is 0. The lowest BCUT2D eigenvalue weighted by Gasteiger charge is -2.20. The van der Waals surface area contributed by atoms with E-state index in [0.29, 0.717) is 6.54 Å². The van der Waals surface area contributed by atoms with Gasteiger partial charge in [-0.15, -0.1) is 0 Å². The van der Waals surface area contributed by atoms with Crippen molar-refractivity contribution in [1.82, 2.24) is 14.9 Å². The average molecular weight is 223 g/mol. The van der Waals surface area contributed by atoms with Gasteiger partial charge in [-0.2, -0.15) is 0 Å². The van der Waals surface area contributed by atoms with E-state index < -0.39 is 0 Å². The Hall–Kier alpha value is -1.20. The average Bonchev–Trinajstić information content (AvgIpc) is 2.24. The molecule has 0 fully saturated rings. The number of aryl methyl sites for hydroxylation is 1. The van der Waals surface area contributed by atoms with Crippen LogP contribution in [0, 0.1) is 6.92 Å². The minimum atomic E-state index is 0.456. The molecule has 1 aromatic heterocycles. The first-order valence-corrected chi connectivity index (χ1v) is 5.43. The van der Waals surface area contributed by atoms with Crippen molar-refractivity contribution >= 4 is 5.95 Å². The number of hydrogen-bond donors (Lipinski definition) is 1. The van der Waals surface area contributed by atoms with Crippen molar-refractivity contribution in [1.29, 1.82) is 0 Å². The molecule has 1 rings (SSSR count). The molecule has 0 atom stereocenters. The van der Waals surface area contributed by atoms with E-state index in [-0.39, 0.29) is 0 Å². The van der Waals surface area contributed by atoms with E-state index in [9.17, 15) is 0 Å². The predicted molar refractivity (Wildman–Crippen MR) is 66.5 cm³/mol. The third-order valence-electron chi connectivity index (χ3n) is 2.33. The van der Waals surface area contributed by atoms with Gasteiger partial charge in [0.1, 0.15) is 0 Å². The van der Waals surface area contributed by atoms with Gasteiger partial charge < -0.3 is 15.5 Å². The second kappa shape index (κ2) is 5.77. The molecule has 0 aromatic carbocycles. The number of nitrogens with zero attached hydrogens (tertiary/aromatic N) is 4. The van der Waals surface area contributed by atoms with Crippen molar-refractivity contribution in [3.8, 4) is 0 Å². The number of rotatable bonds is 5. The first-order chi connectivity index (χ1) is 7.52. The fourth-order valence-electron chi connectivity index (χ4n) is 1.34. The highest BCUT2D eigenvalue weighted by atomic mass is 15.2. The Labute approximate surface area is 97.3 Å². The second-order valence-corrected chi connectivity index (χ2v) is 4.23. The maximum atomic E-state index is 5.59. The third-order valence-corrected chi connectivity index (χ3v) is 2.33. The Balaban J connectivity index is 2.74. The van der Waals surface area contributed by atoms with Crippen LogP contribution in [-0.2, 0) is 6.54 Å². The smallest absolute Gasteiger partial charge is 0.225 e. The van der Waals surface area contributed by atoms with Crippen molar-refractivity contribution in [3.05, 3.63) is 17.5 Å². The van der Waals surface area contributed by atoms with Gasteiger partial charge in [0.25, 0.3) is 0 Å². The lowest BCUT2D eigenvalue weighted by atomic mass is 10.3. The van der Waals surface area contributed by atoms with Crippen molar-refractivity contribution < 1.29 is 0 Å². The highest BCUT2D eigenvalue weighted by molar-refractivity contribution is 5.31. The van der Waals surface area contributed by atoms with Crippen LogP contribution in [0.4, 0.5) is 5.95 Å². The summed E-state index contributed by atoms with van der Waals surface area (Å²) in [5.41, 5.74) is 7.44. The van der Waals surface area contributed by atoms with Crippen LogP contribution >= 0.6 is 0 Å². The number of likely N-dealkylation sites (N-methyl/N-ethyl adjacent to an activating group) is 2. The van der Waals surface area contributed by atoms with Crippen LogP contribution in [0.15, 0.2) is 6.07 Å². The van der Waals surface area contributed by atoms with Gasteiger partial charge in [0, 0.05) is 32.4 Å². The molecule has 16 heavy (non-hydrogen) atoms. The lowest BCUT2D eigenvalue weighted by Crippen LogP contribution is -2.30. The van der Waals surface area contributed by atoms with Gasteiger partial charge in [-0.3, -0.25) is 0 Å². The van der Waals surface area contributed by atoms with E-state index >= 15 is 0 Å². The summed E-state index contributed by atoms with van der Waals surface area (Å²) in [6.07, 6.45) is 0. The summed E-state index contributed by atoms with van der Waals surface area (Å²) in [5, 5.41) is 0. The Bertz CT molecular complexity index is 337. The van der Waals surface area contributed by atoms with Crippen molar-refractivity contribution in [2.24, 2.45) is 5.73 Å². The normalized spacial score (nSPS) is 10.9. The molecule has 5 heteroatoms. The summed E-state index contributed by atoms with van der Waals surface area (Å²) in [7, 11) is 6.10. The fourth-order valence-corrected chi connectivity index (χ4v) is 1.34. The lowest BCUT2D eigenvalue weighted by molar-refractivity contribution is 0.415. The minimum Gasteiger partial charge on any atom is -0.343 e. The van der Waals surface area contributed by atoms with E-state index in [1.165, 1.54) is 0 Å². The van der Waals surface area contributed by atoms with Crippen molar-refractivity contribution in [2.45, 2.75) is 13.5 Å². The number of hydrogen-bond acceptors (Lipinski definition) is 5. The standard InChI is InChI=1S/C11H21N5/c1-9-7-10(8-12)14-11(13-9)16(4)6-5-15(2)3/h7H,5-6,8,12H2,1-4H3. The van der Waals surface area contributed by atoms with Crippen molar-refractivity contribution in [3.63, 3.8) is 0 Å². The Morgan fingerprint density at radius 1 is 1.19 bits per heavy atom. The van der Waals surface area contributed by atoms with Crippen LogP contribution < -0.4 is 10.6 Å². The molecular weight excluding hydrogens is 202 g/mol. The molecule has 0 radical (unpaired) electrons.